The summed E-state index contributed by atoms with van der Waals surface area (Å²) in [6.45, 7) is 2.06. The van der Waals surface area contributed by atoms with E-state index in [-0.39, 0.29) is 12.4 Å². The summed E-state index contributed by atoms with van der Waals surface area (Å²) in [4.78, 5) is 8.59. The molecule has 0 fully saturated rings. The third-order valence-electron chi connectivity index (χ3n) is 3.22. The van der Waals surface area contributed by atoms with Gasteiger partial charge in [-0.15, -0.1) is 12.4 Å². The Morgan fingerprint density at radius 3 is 2.55 bits per heavy atom. The highest BCUT2D eigenvalue weighted by molar-refractivity contribution is 5.95. The smallest absolute Gasteiger partial charge is 0.220 e. The van der Waals surface area contributed by atoms with Gasteiger partial charge in [-0.3, -0.25) is 0 Å². The van der Waals surface area contributed by atoms with Crippen LogP contribution in [0.2, 0.25) is 0 Å². The number of nitrogen functional groups attached to an aromatic ring is 1. The van der Waals surface area contributed by atoms with Crippen molar-refractivity contribution in [2.45, 2.75) is 13.3 Å². The molecule has 0 bridgehead atoms. The number of aromatic nitrogens is 2. The van der Waals surface area contributed by atoms with Gasteiger partial charge in [0.25, 0.3) is 0 Å². The van der Waals surface area contributed by atoms with E-state index in [0.717, 1.165) is 23.4 Å². The molecule has 0 radical (unpaired) electrons. The zero-order valence-electron chi connectivity index (χ0n) is 11.2. The number of aryl methyl sites for hydroxylation is 1. The van der Waals surface area contributed by atoms with Crippen LogP contribution < -0.4 is 5.73 Å². The lowest BCUT2D eigenvalue weighted by Crippen LogP contribution is -2.00. The summed E-state index contributed by atoms with van der Waals surface area (Å²) < 4.78 is 0. The van der Waals surface area contributed by atoms with Gasteiger partial charge in [-0.2, -0.15) is 0 Å². The number of rotatable bonds is 2. The molecule has 0 saturated heterocycles. The van der Waals surface area contributed by atoms with Crippen LogP contribution in [0.1, 0.15) is 12.6 Å². The standard InChI is InChI=1S/C16H15N3.ClH/c1-2-12-10-15(19-16(17)18-12)14-9-5-7-11-6-3-4-8-13(11)14;/h3-10H,2H2,1H3,(H2,17,18,19);1H. The molecule has 4 heteroatoms. The number of benzene rings is 2. The first-order valence-electron chi connectivity index (χ1n) is 6.39. The Hall–Kier alpha value is -2.13. The molecule has 0 aliphatic rings. The molecular weight excluding hydrogens is 270 g/mol. The lowest BCUT2D eigenvalue weighted by atomic mass is 10.0. The fourth-order valence-electron chi connectivity index (χ4n) is 2.29. The van der Waals surface area contributed by atoms with Gasteiger partial charge in [0.15, 0.2) is 0 Å². The molecule has 1 heterocycles. The normalized spacial score (nSPS) is 10.2. The number of halogens is 1. The maximum Gasteiger partial charge on any atom is 0.220 e. The predicted molar refractivity (Wildman–Crippen MR) is 86.0 cm³/mol. The fourth-order valence-corrected chi connectivity index (χ4v) is 2.29. The fraction of sp³-hybridized carbons (Fsp3) is 0.125. The van der Waals surface area contributed by atoms with Crippen molar-refractivity contribution in [1.82, 2.24) is 9.97 Å². The predicted octanol–water partition coefficient (Wildman–Crippen LogP) is 3.86. The van der Waals surface area contributed by atoms with Crippen molar-refractivity contribution in [2.75, 3.05) is 5.73 Å². The molecule has 0 aliphatic heterocycles. The first kappa shape index (κ1) is 14.3. The Labute approximate surface area is 124 Å². The van der Waals surface area contributed by atoms with Crippen LogP contribution in [0.15, 0.2) is 48.5 Å². The first-order valence-corrected chi connectivity index (χ1v) is 6.39. The van der Waals surface area contributed by atoms with E-state index in [2.05, 4.69) is 41.2 Å². The molecule has 0 aliphatic carbocycles. The lowest BCUT2D eigenvalue weighted by Gasteiger charge is -2.08. The van der Waals surface area contributed by atoms with Crippen molar-refractivity contribution in [2.24, 2.45) is 0 Å². The topological polar surface area (TPSA) is 51.8 Å². The molecule has 20 heavy (non-hydrogen) atoms. The molecular formula is C16H16ClN3. The van der Waals surface area contributed by atoms with Crippen LogP contribution >= 0.6 is 12.4 Å². The summed E-state index contributed by atoms with van der Waals surface area (Å²) in [5.74, 6) is 0.335. The van der Waals surface area contributed by atoms with Crippen LogP contribution in [0.25, 0.3) is 22.0 Å². The Kier molecular flexibility index (Phi) is 4.20. The molecule has 0 spiro atoms. The highest BCUT2D eigenvalue weighted by atomic mass is 35.5. The van der Waals surface area contributed by atoms with E-state index in [9.17, 15) is 0 Å². The van der Waals surface area contributed by atoms with E-state index in [1.807, 2.05) is 24.3 Å². The van der Waals surface area contributed by atoms with E-state index in [4.69, 9.17) is 5.73 Å². The van der Waals surface area contributed by atoms with E-state index in [1.54, 1.807) is 0 Å². The van der Waals surface area contributed by atoms with Gasteiger partial charge in [-0.1, -0.05) is 49.4 Å². The van der Waals surface area contributed by atoms with Crippen LogP contribution in [0.5, 0.6) is 0 Å². The quantitative estimate of drug-likeness (QED) is 0.778. The van der Waals surface area contributed by atoms with Gasteiger partial charge in [0.05, 0.1) is 5.69 Å². The molecule has 0 saturated carbocycles. The minimum Gasteiger partial charge on any atom is -0.368 e. The van der Waals surface area contributed by atoms with Crippen molar-refractivity contribution in [3.8, 4) is 11.3 Å². The van der Waals surface area contributed by atoms with Gasteiger partial charge < -0.3 is 5.73 Å². The summed E-state index contributed by atoms with van der Waals surface area (Å²) in [5, 5.41) is 2.39. The number of nitrogens with two attached hydrogens (primary N) is 1. The Morgan fingerprint density at radius 2 is 1.75 bits per heavy atom. The number of hydrogen-bond acceptors (Lipinski definition) is 3. The average molecular weight is 286 g/mol. The first-order chi connectivity index (χ1) is 9.28. The van der Waals surface area contributed by atoms with E-state index in [0.29, 0.717) is 5.95 Å². The second-order valence-electron chi connectivity index (χ2n) is 4.48. The molecule has 2 aromatic carbocycles. The maximum atomic E-state index is 5.79. The molecule has 0 atom stereocenters. The number of anilines is 1. The van der Waals surface area contributed by atoms with Crippen LogP contribution in [0.4, 0.5) is 5.95 Å². The second kappa shape index (κ2) is 5.88. The Morgan fingerprint density at radius 1 is 1.00 bits per heavy atom. The van der Waals surface area contributed by atoms with E-state index in [1.165, 1.54) is 10.8 Å². The van der Waals surface area contributed by atoms with Crippen molar-refractivity contribution in [1.29, 1.82) is 0 Å². The monoisotopic (exact) mass is 285 g/mol. The number of nitrogens with zero attached hydrogens (tertiary/aromatic N) is 2. The minimum absolute atomic E-state index is 0. The van der Waals surface area contributed by atoms with Gasteiger partial charge in [-0.05, 0) is 23.3 Å². The zero-order chi connectivity index (χ0) is 13.2. The number of hydrogen-bond donors (Lipinski definition) is 1. The highest BCUT2D eigenvalue weighted by Crippen LogP contribution is 2.27. The minimum atomic E-state index is 0. The lowest BCUT2D eigenvalue weighted by molar-refractivity contribution is 1.01. The van der Waals surface area contributed by atoms with Gasteiger partial charge >= 0.3 is 0 Å². The highest BCUT2D eigenvalue weighted by Gasteiger charge is 2.07. The van der Waals surface area contributed by atoms with Gasteiger partial charge in [0.1, 0.15) is 0 Å². The molecule has 3 aromatic rings. The zero-order valence-corrected chi connectivity index (χ0v) is 12.0. The molecule has 2 N–H and O–H groups in total. The third-order valence-corrected chi connectivity index (χ3v) is 3.22. The van der Waals surface area contributed by atoms with Crippen molar-refractivity contribution in [3.63, 3.8) is 0 Å². The summed E-state index contributed by atoms with van der Waals surface area (Å²) in [7, 11) is 0. The van der Waals surface area contributed by atoms with Gasteiger partial charge in [0, 0.05) is 11.3 Å². The van der Waals surface area contributed by atoms with Crippen LogP contribution in [0, 0.1) is 0 Å². The van der Waals surface area contributed by atoms with E-state index < -0.39 is 0 Å². The Balaban J connectivity index is 0.00000147. The number of fused-ring (bicyclic) bond motifs is 1. The van der Waals surface area contributed by atoms with Crippen molar-refractivity contribution in [3.05, 3.63) is 54.2 Å². The summed E-state index contributed by atoms with van der Waals surface area (Å²) in [5.41, 5.74) is 8.75. The molecule has 102 valence electrons. The van der Waals surface area contributed by atoms with Crippen LogP contribution in [-0.4, -0.2) is 9.97 Å². The average Bonchev–Trinajstić information content (AvgIpc) is 2.46. The second-order valence-corrected chi connectivity index (χ2v) is 4.48. The molecule has 3 nitrogen and oxygen atoms in total. The van der Waals surface area contributed by atoms with Crippen LogP contribution in [0.3, 0.4) is 0 Å². The summed E-state index contributed by atoms with van der Waals surface area (Å²) in [6, 6.07) is 16.5. The summed E-state index contributed by atoms with van der Waals surface area (Å²) >= 11 is 0. The molecule has 0 unspecified atom stereocenters. The van der Waals surface area contributed by atoms with Crippen LogP contribution in [-0.2, 0) is 6.42 Å². The Bertz CT molecular complexity index is 735. The van der Waals surface area contributed by atoms with Crippen molar-refractivity contribution < 1.29 is 0 Å². The largest absolute Gasteiger partial charge is 0.368 e. The third kappa shape index (κ3) is 2.58. The SMILES string of the molecule is CCc1cc(-c2cccc3ccccc23)nc(N)n1.Cl. The molecule has 3 rings (SSSR count). The van der Waals surface area contributed by atoms with E-state index >= 15 is 0 Å². The van der Waals surface area contributed by atoms with Gasteiger partial charge in [-0.25, -0.2) is 9.97 Å². The van der Waals surface area contributed by atoms with Gasteiger partial charge in [0.2, 0.25) is 5.95 Å². The summed E-state index contributed by atoms with van der Waals surface area (Å²) in [6.07, 6.45) is 0.852. The molecule has 0 amide bonds. The van der Waals surface area contributed by atoms with Crippen molar-refractivity contribution >= 4 is 29.1 Å². The molecule has 1 aromatic heterocycles. The maximum absolute atomic E-state index is 5.79.